The van der Waals surface area contributed by atoms with E-state index >= 15 is 0 Å². The van der Waals surface area contributed by atoms with E-state index in [1.165, 1.54) is 4.90 Å². The van der Waals surface area contributed by atoms with Gasteiger partial charge in [0.2, 0.25) is 0 Å². The van der Waals surface area contributed by atoms with Crippen molar-refractivity contribution in [3.63, 3.8) is 0 Å². The Bertz CT molecular complexity index is 844. The molecule has 3 amide bonds. The summed E-state index contributed by atoms with van der Waals surface area (Å²) in [5.74, 6) is -1.24. The van der Waals surface area contributed by atoms with Gasteiger partial charge in [0.15, 0.2) is 0 Å². The van der Waals surface area contributed by atoms with Crippen molar-refractivity contribution in [2.75, 3.05) is 50.8 Å². The number of piperazine rings is 1. The lowest BCUT2D eigenvalue weighted by molar-refractivity contribution is -0.174. The van der Waals surface area contributed by atoms with Crippen LogP contribution < -0.4 is 4.90 Å². The molecule has 4 rings (SSSR count). The zero-order valence-electron chi connectivity index (χ0n) is 17.6. The van der Waals surface area contributed by atoms with Crippen LogP contribution in [-0.2, 0) is 25.7 Å². The third-order valence-corrected chi connectivity index (χ3v) is 5.93. The van der Waals surface area contributed by atoms with E-state index in [4.69, 9.17) is 9.57 Å². The molecule has 31 heavy (non-hydrogen) atoms. The lowest BCUT2D eigenvalue weighted by Crippen LogP contribution is -2.54. The molecule has 1 aromatic rings. The van der Waals surface area contributed by atoms with Crippen LogP contribution in [0.4, 0.5) is 14.9 Å². The highest BCUT2D eigenvalue weighted by molar-refractivity contribution is 6.01. The van der Waals surface area contributed by atoms with Gasteiger partial charge in [0, 0.05) is 69.4 Å². The topological polar surface area (TPSA) is 82.6 Å². The van der Waals surface area contributed by atoms with E-state index in [1.54, 1.807) is 6.07 Å². The largest absolute Gasteiger partial charge is 0.435 e. The first kappa shape index (κ1) is 21.5. The Labute approximate surface area is 180 Å². The van der Waals surface area contributed by atoms with E-state index in [-0.39, 0.29) is 24.7 Å². The van der Waals surface area contributed by atoms with E-state index in [9.17, 15) is 18.8 Å². The van der Waals surface area contributed by atoms with Crippen LogP contribution in [0.2, 0.25) is 0 Å². The maximum atomic E-state index is 14.7. The number of hydrogen-bond donors (Lipinski definition) is 0. The number of hydrogen-bond acceptors (Lipinski definition) is 7. The summed E-state index contributed by atoms with van der Waals surface area (Å²) in [7, 11) is 0. The number of morpholine rings is 1. The smallest absolute Gasteiger partial charge is 0.378 e. The van der Waals surface area contributed by atoms with Crippen LogP contribution in [0.5, 0.6) is 0 Å². The van der Waals surface area contributed by atoms with Crippen molar-refractivity contribution in [1.82, 2.24) is 14.9 Å². The molecular weight excluding hydrogens is 407 g/mol. The van der Waals surface area contributed by atoms with Gasteiger partial charge in [-0.25, -0.2) is 9.18 Å². The van der Waals surface area contributed by atoms with E-state index < -0.39 is 17.9 Å². The van der Waals surface area contributed by atoms with Crippen LogP contribution in [0, 0.1) is 5.82 Å². The molecule has 0 aromatic heterocycles. The summed E-state index contributed by atoms with van der Waals surface area (Å²) in [4.78, 5) is 46.4. The standard InChI is InChI=1S/C21H27FN4O5/c1-15-13-23(6-7-25(15)21(29)31-26-19(27)4-5-20(26)28)14-16-2-3-17(12-18(16)22)24-8-10-30-11-9-24/h2-3,12,15H,4-11,13-14H2,1H3/t15-/m0/s1. The zero-order valence-corrected chi connectivity index (χ0v) is 17.6. The number of imide groups is 1. The molecule has 0 radical (unpaired) electrons. The molecule has 3 saturated heterocycles. The highest BCUT2D eigenvalue weighted by Crippen LogP contribution is 2.22. The van der Waals surface area contributed by atoms with E-state index in [2.05, 4.69) is 9.80 Å². The molecule has 0 bridgehead atoms. The molecule has 1 atom stereocenters. The van der Waals surface area contributed by atoms with Crippen LogP contribution in [0.15, 0.2) is 18.2 Å². The van der Waals surface area contributed by atoms with Gasteiger partial charge in [-0.15, -0.1) is 5.06 Å². The van der Waals surface area contributed by atoms with Crippen molar-refractivity contribution < 1.29 is 28.3 Å². The monoisotopic (exact) mass is 434 g/mol. The number of carbonyl (C=O) groups is 3. The maximum absolute atomic E-state index is 14.7. The minimum absolute atomic E-state index is 0.0608. The van der Waals surface area contributed by atoms with E-state index in [1.807, 2.05) is 19.1 Å². The number of nitrogens with zero attached hydrogens (tertiary/aromatic N) is 4. The van der Waals surface area contributed by atoms with Gasteiger partial charge in [-0.05, 0) is 19.1 Å². The number of rotatable bonds is 4. The summed E-state index contributed by atoms with van der Waals surface area (Å²) in [6, 6.07) is 5.12. The number of halogens is 1. The number of anilines is 1. The second-order valence-electron chi connectivity index (χ2n) is 8.09. The van der Waals surface area contributed by atoms with Crippen molar-refractivity contribution in [2.45, 2.75) is 32.4 Å². The molecule has 0 unspecified atom stereocenters. The normalized spacial score (nSPS) is 22.9. The predicted molar refractivity (Wildman–Crippen MR) is 108 cm³/mol. The molecule has 1 aromatic carbocycles. The van der Waals surface area contributed by atoms with Gasteiger partial charge in [0.25, 0.3) is 11.8 Å². The van der Waals surface area contributed by atoms with Gasteiger partial charge in [-0.3, -0.25) is 14.5 Å². The Morgan fingerprint density at radius 1 is 1.13 bits per heavy atom. The highest BCUT2D eigenvalue weighted by Gasteiger charge is 2.36. The highest BCUT2D eigenvalue weighted by atomic mass is 19.1. The van der Waals surface area contributed by atoms with Crippen LogP contribution in [0.25, 0.3) is 0 Å². The van der Waals surface area contributed by atoms with Gasteiger partial charge in [0.05, 0.1) is 13.2 Å². The van der Waals surface area contributed by atoms with Crippen molar-refractivity contribution in [1.29, 1.82) is 0 Å². The predicted octanol–water partition coefficient (Wildman–Crippen LogP) is 1.37. The molecule has 9 nitrogen and oxygen atoms in total. The molecule has 3 aliphatic heterocycles. The van der Waals surface area contributed by atoms with E-state index in [0.717, 1.165) is 18.8 Å². The minimum atomic E-state index is -0.711. The first-order valence-electron chi connectivity index (χ1n) is 10.6. The summed E-state index contributed by atoms with van der Waals surface area (Å²) in [6.07, 6.45) is -0.590. The quantitative estimate of drug-likeness (QED) is 0.662. The number of ether oxygens (including phenoxy) is 1. The van der Waals surface area contributed by atoms with Crippen LogP contribution in [0.3, 0.4) is 0 Å². The average Bonchev–Trinajstić information content (AvgIpc) is 3.08. The van der Waals surface area contributed by atoms with Gasteiger partial charge in [-0.1, -0.05) is 6.07 Å². The third kappa shape index (κ3) is 4.80. The fourth-order valence-corrected chi connectivity index (χ4v) is 4.16. The summed E-state index contributed by atoms with van der Waals surface area (Å²) in [5.41, 5.74) is 1.46. The molecule has 0 saturated carbocycles. The fourth-order valence-electron chi connectivity index (χ4n) is 4.16. The fraction of sp³-hybridized carbons (Fsp3) is 0.571. The van der Waals surface area contributed by atoms with Crippen molar-refractivity contribution in [2.24, 2.45) is 0 Å². The summed E-state index contributed by atoms with van der Waals surface area (Å²) in [6.45, 7) is 6.52. The first-order chi connectivity index (χ1) is 14.9. The minimum Gasteiger partial charge on any atom is -0.378 e. The van der Waals surface area contributed by atoms with Crippen LogP contribution in [0.1, 0.15) is 25.3 Å². The summed E-state index contributed by atoms with van der Waals surface area (Å²) in [5, 5.41) is 0.562. The number of carbonyl (C=O) groups excluding carboxylic acids is 3. The molecule has 0 N–H and O–H groups in total. The summed E-state index contributed by atoms with van der Waals surface area (Å²) >= 11 is 0. The number of benzene rings is 1. The SMILES string of the molecule is C[C@H]1CN(Cc2ccc(N3CCOCC3)cc2F)CCN1C(=O)ON1C(=O)CCC1=O. The van der Waals surface area contributed by atoms with Crippen LogP contribution >= 0.6 is 0 Å². The second kappa shape index (κ2) is 9.19. The van der Waals surface area contributed by atoms with Gasteiger partial charge < -0.3 is 19.4 Å². The Balaban J connectivity index is 1.32. The summed E-state index contributed by atoms with van der Waals surface area (Å²) < 4.78 is 20.1. The van der Waals surface area contributed by atoms with Crippen molar-refractivity contribution in [3.8, 4) is 0 Å². The number of amides is 3. The molecule has 3 heterocycles. The van der Waals surface area contributed by atoms with E-state index in [0.29, 0.717) is 50.0 Å². The molecule has 0 aliphatic carbocycles. The molecule has 3 fully saturated rings. The Kier molecular flexibility index (Phi) is 6.38. The molecule has 3 aliphatic rings. The Morgan fingerprint density at radius 3 is 2.48 bits per heavy atom. The lowest BCUT2D eigenvalue weighted by Gasteiger charge is -2.39. The van der Waals surface area contributed by atoms with Gasteiger partial charge in [0.1, 0.15) is 5.82 Å². The molecule has 168 valence electrons. The average molecular weight is 434 g/mol. The van der Waals surface area contributed by atoms with Crippen molar-refractivity contribution >= 4 is 23.6 Å². The second-order valence-corrected chi connectivity index (χ2v) is 8.09. The van der Waals surface area contributed by atoms with Gasteiger partial charge in [-0.2, -0.15) is 0 Å². The maximum Gasteiger partial charge on any atom is 0.435 e. The zero-order chi connectivity index (χ0) is 22.0. The molecule has 10 heteroatoms. The Morgan fingerprint density at radius 2 is 1.84 bits per heavy atom. The van der Waals surface area contributed by atoms with Gasteiger partial charge >= 0.3 is 6.09 Å². The molecule has 0 spiro atoms. The third-order valence-electron chi connectivity index (χ3n) is 5.93. The lowest BCUT2D eigenvalue weighted by atomic mass is 10.1. The first-order valence-corrected chi connectivity index (χ1v) is 10.6. The molecular formula is C21H27FN4O5. The van der Waals surface area contributed by atoms with Crippen molar-refractivity contribution in [3.05, 3.63) is 29.6 Å². The number of hydroxylamine groups is 2. The Hall–Kier alpha value is -2.72. The van der Waals surface area contributed by atoms with Crippen LogP contribution in [-0.4, -0.2) is 84.8 Å².